The van der Waals surface area contributed by atoms with Gasteiger partial charge < -0.3 is 16.4 Å². The Labute approximate surface area is 161 Å². The fourth-order valence-corrected chi connectivity index (χ4v) is 2.18. The highest BCUT2D eigenvalue weighted by Crippen LogP contribution is 2.34. The number of nitrogens with two attached hydrogens (primary N) is 1. The molecule has 154 valence electrons. The molecule has 1 rings (SSSR count). The molecule has 0 unspecified atom stereocenters. The van der Waals surface area contributed by atoms with Crippen LogP contribution < -0.4 is 16.4 Å². The van der Waals surface area contributed by atoms with Crippen LogP contribution in [0.2, 0.25) is 0 Å². The molecule has 11 heteroatoms. The van der Waals surface area contributed by atoms with E-state index >= 15 is 0 Å². The number of hydrogen-bond donors (Lipinski definition) is 3. The van der Waals surface area contributed by atoms with Crippen LogP contribution in [0, 0.1) is 10.1 Å². The molecule has 0 aliphatic carbocycles. The Hall–Kier alpha value is -2.07. The van der Waals surface area contributed by atoms with Crippen LogP contribution in [0.5, 0.6) is 0 Å². The first kappa shape index (κ1) is 24.9. The molecule has 0 radical (unpaired) electrons. The molecule has 1 amide bonds. The molecular weight excluding hydrogens is 389 g/mol. The predicted octanol–water partition coefficient (Wildman–Crippen LogP) is 3.47. The fourth-order valence-electron chi connectivity index (χ4n) is 2.18. The lowest BCUT2D eigenvalue weighted by Crippen LogP contribution is -2.49. The van der Waals surface area contributed by atoms with E-state index < -0.39 is 27.9 Å². The minimum absolute atomic E-state index is 0. The van der Waals surface area contributed by atoms with Crippen molar-refractivity contribution in [3.63, 3.8) is 0 Å². The van der Waals surface area contributed by atoms with Gasteiger partial charge >= 0.3 is 6.18 Å². The second kappa shape index (κ2) is 10.3. The van der Waals surface area contributed by atoms with Gasteiger partial charge in [-0.2, -0.15) is 13.2 Å². The summed E-state index contributed by atoms with van der Waals surface area (Å²) in [4.78, 5) is 21.9. The van der Waals surface area contributed by atoms with E-state index in [0.717, 1.165) is 12.1 Å². The van der Waals surface area contributed by atoms with Crippen molar-refractivity contribution in [1.82, 2.24) is 5.32 Å². The van der Waals surface area contributed by atoms with E-state index in [2.05, 4.69) is 10.6 Å². The Bertz CT molecular complexity index is 652. The summed E-state index contributed by atoms with van der Waals surface area (Å²) in [6, 6.07) is 2.20. The first-order valence-corrected chi connectivity index (χ1v) is 8.17. The molecule has 0 saturated heterocycles. The normalized spacial score (nSPS) is 11.5. The van der Waals surface area contributed by atoms with Gasteiger partial charge in [-0.3, -0.25) is 14.9 Å². The first-order valence-electron chi connectivity index (χ1n) is 8.17. The smallest absolute Gasteiger partial charge is 0.379 e. The molecule has 1 aromatic carbocycles. The zero-order chi connectivity index (χ0) is 20.0. The minimum atomic E-state index is -4.67. The Kier molecular flexibility index (Phi) is 9.52. The molecule has 0 aliphatic heterocycles. The van der Waals surface area contributed by atoms with E-state index in [1.165, 1.54) is 0 Å². The number of nitrogens with zero attached hydrogens (tertiary/aromatic N) is 1. The summed E-state index contributed by atoms with van der Waals surface area (Å²) in [5.74, 6) is -0.302. The zero-order valence-corrected chi connectivity index (χ0v) is 15.9. The van der Waals surface area contributed by atoms with E-state index in [4.69, 9.17) is 5.73 Å². The highest BCUT2D eigenvalue weighted by atomic mass is 35.5. The molecule has 0 fully saturated rings. The number of alkyl halides is 3. The third kappa shape index (κ3) is 7.59. The number of nitro groups is 1. The van der Waals surface area contributed by atoms with Gasteiger partial charge in [0, 0.05) is 31.1 Å². The van der Waals surface area contributed by atoms with E-state index in [1.54, 1.807) is 0 Å². The lowest BCUT2D eigenvalue weighted by atomic mass is 9.94. The van der Waals surface area contributed by atoms with E-state index in [1.807, 2.05) is 13.8 Å². The Balaban J connectivity index is 0.00000676. The van der Waals surface area contributed by atoms with Crippen molar-refractivity contribution in [3.8, 4) is 0 Å². The number of rotatable bonds is 9. The Morgan fingerprint density at radius 2 is 1.85 bits per heavy atom. The summed E-state index contributed by atoms with van der Waals surface area (Å²) in [6.45, 7) is 4.18. The summed E-state index contributed by atoms with van der Waals surface area (Å²) < 4.78 is 38.0. The second-order valence-electron chi connectivity index (χ2n) is 6.01. The molecule has 27 heavy (non-hydrogen) atoms. The van der Waals surface area contributed by atoms with Crippen LogP contribution in [0.4, 0.5) is 24.5 Å². The lowest BCUT2D eigenvalue weighted by molar-refractivity contribution is -0.384. The van der Waals surface area contributed by atoms with Gasteiger partial charge in [-0.1, -0.05) is 13.8 Å². The highest BCUT2D eigenvalue weighted by Gasteiger charge is 2.33. The van der Waals surface area contributed by atoms with Crippen molar-refractivity contribution < 1.29 is 22.9 Å². The van der Waals surface area contributed by atoms with E-state index in [0.29, 0.717) is 25.5 Å². The number of nitro benzene ring substituents is 1. The Morgan fingerprint density at radius 1 is 1.26 bits per heavy atom. The van der Waals surface area contributed by atoms with Crippen LogP contribution in [0.15, 0.2) is 18.2 Å². The minimum Gasteiger partial charge on any atom is -0.379 e. The van der Waals surface area contributed by atoms with Gasteiger partial charge in [0.15, 0.2) is 0 Å². The number of carbonyl (C=O) groups excluding carboxylic acids is 1. The molecule has 4 N–H and O–H groups in total. The number of amides is 1. The number of nitrogens with one attached hydrogen (secondary N) is 2. The largest absolute Gasteiger partial charge is 0.416 e. The van der Waals surface area contributed by atoms with Gasteiger partial charge in [-0.25, -0.2) is 0 Å². The summed E-state index contributed by atoms with van der Waals surface area (Å²) in [7, 11) is 0. The van der Waals surface area contributed by atoms with Crippen molar-refractivity contribution in [2.24, 2.45) is 5.73 Å². The maximum absolute atomic E-state index is 12.7. The summed E-state index contributed by atoms with van der Waals surface area (Å²) in [5, 5.41) is 16.3. The van der Waals surface area contributed by atoms with Crippen LogP contribution >= 0.6 is 12.4 Å². The van der Waals surface area contributed by atoms with Crippen molar-refractivity contribution in [2.45, 2.75) is 44.8 Å². The predicted molar refractivity (Wildman–Crippen MR) is 99.0 cm³/mol. The van der Waals surface area contributed by atoms with Crippen molar-refractivity contribution in [1.29, 1.82) is 0 Å². The fraction of sp³-hybridized carbons (Fsp3) is 0.562. The van der Waals surface area contributed by atoms with E-state index in [9.17, 15) is 28.1 Å². The average Bonchev–Trinajstić information content (AvgIpc) is 2.58. The van der Waals surface area contributed by atoms with Gasteiger partial charge in [0.1, 0.15) is 5.69 Å². The first-order chi connectivity index (χ1) is 12.0. The monoisotopic (exact) mass is 412 g/mol. The van der Waals surface area contributed by atoms with Gasteiger partial charge in [0.25, 0.3) is 5.69 Å². The van der Waals surface area contributed by atoms with Crippen LogP contribution in [-0.2, 0) is 11.0 Å². The summed E-state index contributed by atoms with van der Waals surface area (Å²) in [5.41, 5.74) is 3.70. The third-order valence-corrected chi connectivity index (χ3v) is 4.24. The molecule has 0 saturated carbocycles. The van der Waals surface area contributed by atoms with Crippen molar-refractivity contribution >= 4 is 29.7 Å². The van der Waals surface area contributed by atoms with E-state index in [-0.39, 0.29) is 37.0 Å². The maximum atomic E-state index is 12.7. The number of hydrogen-bond acceptors (Lipinski definition) is 5. The topological polar surface area (TPSA) is 110 Å². The van der Waals surface area contributed by atoms with Crippen LogP contribution in [0.25, 0.3) is 0 Å². The van der Waals surface area contributed by atoms with Gasteiger partial charge in [-0.05, 0) is 25.0 Å². The molecule has 0 aromatic heterocycles. The SMILES string of the molecule is CCC(N)(CC)CNC(=O)CCNc1ccc(C(F)(F)F)cc1[N+](=O)[O-].Cl. The Morgan fingerprint density at radius 3 is 2.33 bits per heavy atom. The van der Waals surface area contributed by atoms with Gasteiger partial charge in [0.2, 0.25) is 5.91 Å². The molecule has 0 atom stereocenters. The standard InChI is InChI=1S/C16H23F3N4O3.ClH/c1-3-15(20,4-2)10-22-14(24)7-8-21-12-6-5-11(16(17,18)19)9-13(12)23(25)26;/h5-6,9,21H,3-4,7-8,10,20H2,1-2H3,(H,22,24);1H. The molecule has 0 aliphatic rings. The van der Waals surface area contributed by atoms with Crippen molar-refractivity contribution in [2.75, 3.05) is 18.4 Å². The maximum Gasteiger partial charge on any atom is 0.416 e. The summed E-state index contributed by atoms with van der Waals surface area (Å²) >= 11 is 0. The number of anilines is 1. The molecule has 1 aromatic rings. The quantitative estimate of drug-likeness (QED) is 0.425. The van der Waals surface area contributed by atoms with Crippen LogP contribution in [-0.4, -0.2) is 29.5 Å². The molecule has 0 spiro atoms. The molecular formula is C16H24ClF3N4O3. The van der Waals surface area contributed by atoms with Crippen molar-refractivity contribution in [3.05, 3.63) is 33.9 Å². The second-order valence-corrected chi connectivity index (χ2v) is 6.01. The van der Waals surface area contributed by atoms with Gasteiger partial charge in [-0.15, -0.1) is 12.4 Å². The molecule has 0 heterocycles. The number of benzene rings is 1. The average molecular weight is 413 g/mol. The lowest BCUT2D eigenvalue weighted by Gasteiger charge is -2.26. The highest BCUT2D eigenvalue weighted by molar-refractivity contribution is 5.85. The summed E-state index contributed by atoms with van der Waals surface area (Å²) in [6.07, 6.45) is -3.28. The van der Waals surface area contributed by atoms with Crippen LogP contribution in [0.1, 0.15) is 38.7 Å². The van der Waals surface area contributed by atoms with Gasteiger partial charge in [0.05, 0.1) is 10.5 Å². The number of halogens is 4. The van der Waals surface area contributed by atoms with Crippen LogP contribution in [0.3, 0.4) is 0 Å². The zero-order valence-electron chi connectivity index (χ0n) is 15.1. The molecule has 7 nitrogen and oxygen atoms in total. The third-order valence-electron chi connectivity index (χ3n) is 4.24. The molecule has 0 bridgehead atoms. The number of carbonyl (C=O) groups is 1.